The van der Waals surface area contributed by atoms with E-state index in [2.05, 4.69) is 15.1 Å². The Labute approximate surface area is 233 Å². The molecule has 1 aliphatic carbocycles. The minimum Gasteiger partial charge on any atom is -0.480 e. The Balaban J connectivity index is 0.00000420. The molecule has 3 aromatic rings. The van der Waals surface area contributed by atoms with Crippen molar-refractivity contribution in [1.82, 2.24) is 19.7 Å². The third-order valence-corrected chi connectivity index (χ3v) is 6.49. The normalized spacial score (nSPS) is 17.1. The number of carboxylic acids is 1. The molecule has 210 valence electrons. The van der Waals surface area contributed by atoms with Crippen LogP contribution in [0, 0.1) is 12.8 Å². The number of carboxylic acid groups (broad SMARTS) is 1. The number of aromatic nitrogens is 4. The second kappa shape index (κ2) is 12.2. The smallest absolute Gasteiger partial charge is 0.429 e. The Hall–Kier alpha value is -3.35. The summed E-state index contributed by atoms with van der Waals surface area (Å²) >= 11 is 6.09. The van der Waals surface area contributed by atoms with Gasteiger partial charge in [0.1, 0.15) is 6.04 Å². The summed E-state index contributed by atoms with van der Waals surface area (Å²) in [6, 6.07) is 5.99. The van der Waals surface area contributed by atoms with Gasteiger partial charge in [0.05, 0.1) is 17.1 Å². The molecule has 9 nitrogen and oxygen atoms in total. The van der Waals surface area contributed by atoms with Gasteiger partial charge >= 0.3 is 12.1 Å². The predicted octanol–water partition coefficient (Wildman–Crippen LogP) is 5.30. The maximum atomic E-state index is 14.3. The first-order chi connectivity index (χ1) is 17.9. The first-order valence-electron chi connectivity index (χ1n) is 11.8. The third-order valence-electron chi connectivity index (χ3n) is 6.25. The van der Waals surface area contributed by atoms with Crippen molar-refractivity contribution in [2.45, 2.75) is 50.9 Å². The van der Waals surface area contributed by atoms with Gasteiger partial charge in [-0.15, -0.1) is 12.4 Å². The number of hydrogen-bond acceptors (Lipinski definition) is 7. The molecule has 1 aliphatic rings. The Kier molecular flexibility index (Phi) is 9.47. The summed E-state index contributed by atoms with van der Waals surface area (Å²) in [7, 11) is 0. The molecular weight excluding hydrogens is 560 g/mol. The first-order valence-corrected chi connectivity index (χ1v) is 12.2. The molecule has 0 fully saturated rings. The molecule has 3 atom stereocenters. The van der Waals surface area contributed by atoms with Gasteiger partial charge in [-0.1, -0.05) is 23.7 Å². The van der Waals surface area contributed by atoms with Crippen LogP contribution < -0.4 is 16.2 Å². The highest BCUT2D eigenvalue weighted by Crippen LogP contribution is 2.40. The minimum atomic E-state index is -4.81. The number of benzene rings is 1. The Morgan fingerprint density at radius 3 is 2.62 bits per heavy atom. The zero-order chi connectivity index (χ0) is 27.6. The van der Waals surface area contributed by atoms with E-state index in [0.717, 1.165) is 5.57 Å². The molecule has 0 radical (unpaired) electrons. The molecule has 0 spiro atoms. The highest BCUT2D eigenvalue weighted by atomic mass is 35.5. The van der Waals surface area contributed by atoms with Gasteiger partial charge < -0.3 is 21.3 Å². The minimum absolute atomic E-state index is 0. The second-order valence-corrected chi connectivity index (χ2v) is 9.58. The van der Waals surface area contributed by atoms with Crippen LogP contribution in [0.15, 0.2) is 42.6 Å². The monoisotopic (exact) mass is 586 g/mol. The molecule has 2 heterocycles. The molecule has 2 aromatic heterocycles. The van der Waals surface area contributed by atoms with Crippen LogP contribution in [0.4, 0.5) is 19.1 Å². The summed E-state index contributed by atoms with van der Waals surface area (Å²) < 4.78 is 49.7. The summed E-state index contributed by atoms with van der Waals surface area (Å²) in [4.78, 5) is 19.1. The number of ether oxygens (including phenoxy) is 1. The standard InChI is InChI=1S/C25H26ClF3N6O3.ClH/c1-13-8-9-35(34-13)20-11-16(26)6-7-17(20)22(25(27,28)29)38-21-12-19(32-24(31)33-21)15-4-2-14(3-5-15)10-18(30)23(36)37;/h4,6-9,11-12,14,18,22H,2-3,5,10,30H2,1H3,(H,36,37)(H2,31,32,33);1H/t14-,18?,22?;/m0./s1. The highest BCUT2D eigenvalue weighted by Gasteiger charge is 2.45. The van der Waals surface area contributed by atoms with E-state index in [0.29, 0.717) is 37.1 Å². The number of nitrogens with two attached hydrogens (primary N) is 2. The molecule has 0 amide bonds. The van der Waals surface area contributed by atoms with Gasteiger partial charge in [-0.25, -0.2) is 9.67 Å². The molecular formula is C25H27Cl2F3N6O3. The third kappa shape index (κ3) is 7.40. The van der Waals surface area contributed by atoms with E-state index in [1.807, 2.05) is 6.08 Å². The molecule has 0 saturated heterocycles. The number of nitrogens with zero attached hydrogens (tertiary/aromatic N) is 4. The van der Waals surface area contributed by atoms with E-state index < -0.39 is 24.3 Å². The number of allylic oxidation sites excluding steroid dienone is 2. The number of halogens is 5. The van der Waals surface area contributed by atoms with Crippen LogP contribution in [-0.2, 0) is 4.79 Å². The van der Waals surface area contributed by atoms with Crippen molar-refractivity contribution in [3.63, 3.8) is 0 Å². The van der Waals surface area contributed by atoms with Crippen LogP contribution in [0.3, 0.4) is 0 Å². The van der Waals surface area contributed by atoms with Crippen molar-refractivity contribution in [3.05, 3.63) is 64.6 Å². The van der Waals surface area contributed by atoms with Gasteiger partial charge in [0.15, 0.2) is 0 Å². The zero-order valence-electron chi connectivity index (χ0n) is 20.7. The Morgan fingerprint density at radius 1 is 1.28 bits per heavy atom. The summed E-state index contributed by atoms with van der Waals surface area (Å²) in [6.45, 7) is 1.71. The summed E-state index contributed by atoms with van der Waals surface area (Å²) in [6.07, 6.45) is -1.76. The van der Waals surface area contributed by atoms with Crippen LogP contribution in [0.2, 0.25) is 5.02 Å². The molecule has 39 heavy (non-hydrogen) atoms. The lowest BCUT2D eigenvalue weighted by Crippen LogP contribution is -2.32. The quantitative estimate of drug-likeness (QED) is 0.323. The second-order valence-electron chi connectivity index (χ2n) is 9.14. The predicted molar refractivity (Wildman–Crippen MR) is 142 cm³/mol. The molecule has 4 rings (SSSR count). The van der Waals surface area contributed by atoms with Crippen molar-refractivity contribution < 1.29 is 27.8 Å². The maximum Gasteiger partial charge on any atom is 0.429 e. The average Bonchev–Trinajstić information content (AvgIpc) is 3.28. The van der Waals surface area contributed by atoms with Crippen LogP contribution in [0.1, 0.15) is 48.7 Å². The van der Waals surface area contributed by atoms with Crippen LogP contribution in [-0.4, -0.2) is 43.0 Å². The molecule has 0 aliphatic heterocycles. The number of anilines is 1. The van der Waals surface area contributed by atoms with Crippen molar-refractivity contribution in [2.24, 2.45) is 11.7 Å². The van der Waals surface area contributed by atoms with Crippen LogP contribution >= 0.6 is 24.0 Å². The number of carbonyl (C=O) groups is 1. The van der Waals surface area contributed by atoms with Gasteiger partial charge in [0.25, 0.3) is 0 Å². The number of aliphatic carboxylic acids is 1. The summed E-state index contributed by atoms with van der Waals surface area (Å²) in [5.41, 5.74) is 13.1. The fourth-order valence-electron chi connectivity index (χ4n) is 4.38. The van der Waals surface area contributed by atoms with Crippen LogP contribution in [0.25, 0.3) is 11.3 Å². The van der Waals surface area contributed by atoms with Crippen molar-refractivity contribution in [3.8, 4) is 11.6 Å². The van der Waals surface area contributed by atoms with E-state index in [-0.39, 0.29) is 46.4 Å². The molecule has 2 unspecified atom stereocenters. The molecule has 0 saturated carbocycles. The van der Waals surface area contributed by atoms with Crippen molar-refractivity contribution in [2.75, 3.05) is 5.73 Å². The van der Waals surface area contributed by atoms with E-state index in [1.165, 1.54) is 35.1 Å². The molecule has 0 bridgehead atoms. The molecule has 1 aromatic carbocycles. The SMILES string of the molecule is Cc1ccn(-c2cc(Cl)ccc2C(Oc2cc(C3=CC[C@H](CC(N)C(=O)O)CC3)nc(N)n2)C(F)(F)F)n1.Cl. The number of nitrogen functional groups attached to an aromatic ring is 1. The van der Waals surface area contributed by atoms with Crippen molar-refractivity contribution >= 4 is 41.5 Å². The lowest BCUT2D eigenvalue weighted by Gasteiger charge is -2.25. The first kappa shape index (κ1) is 30.2. The van der Waals surface area contributed by atoms with Gasteiger partial charge in [-0.2, -0.15) is 23.3 Å². The average molecular weight is 587 g/mol. The fraction of sp³-hybridized carbons (Fsp3) is 0.360. The van der Waals surface area contributed by atoms with Gasteiger partial charge in [0, 0.05) is 22.8 Å². The topological polar surface area (TPSA) is 142 Å². The maximum absolute atomic E-state index is 14.3. The van der Waals surface area contributed by atoms with E-state index in [1.54, 1.807) is 13.0 Å². The van der Waals surface area contributed by atoms with E-state index >= 15 is 0 Å². The van der Waals surface area contributed by atoms with Gasteiger partial charge in [0.2, 0.25) is 17.9 Å². The summed E-state index contributed by atoms with van der Waals surface area (Å²) in [5.74, 6) is -1.57. The fourth-order valence-corrected chi connectivity index (χ4v) is 4.54. The van der Waals surface area contributed by atoms with E-state index in [9.17, 15) is 18.0 Å². The Morgan fingerprint density at radius 2 is 2.03 bits per heavy atom. The zero-order valence-corrected chi connectivity index (χ0v) is 22.3. The molecule has 14 heteroatoms. The summed E-state index contributed by atoms with van der Waals surface area (Å²) in [5, 5.41) is 13.5. The number of alkyl halides is 3. The largest absolute Gasteiger partial charge is 0.480 e. The Bertz CT molecular complexity index is 1370. The van der Waals surface area contributed by atoms with Gasteiger partial charge in [-0.3, -0.25) is 4.79 Å². The lowest BCUT2D eigenvalue weighted by molar-refractivity contribution is -0.198. The molecule has 5 N–H and O–H groups in total. The highest BCUT2D eigenvalue weighted by molar-refractivity contribution is 6.30. The van der Waals surface area contributed by atoms with Crippen molar-refractivity contribution in [1.29, 1.82) is 0 Å². The lowest BCUT2D eigenvalue weighted by atomic mass is 9.84. The van der Waals surface area contributed by atoms with Crippen LogP contribution in [0.5, 0.6) is 5.88 Å². The van der Waals surface area contributed by atoms with Gasteiger partial charge in [-0.05, 0) is 62.3 Å². The van der Waals surface area contributed by atoms with E-state index in [4.69, 9.17) is 32.9 Å². The number of rotatable bonds is 8. The number of aryl methyl sites for hydroxylation is 1. The number of hydrogen-bond donors (Lipinski definition) is 3.